The zero-order chi connectivity index (χ0) is 20.7. The van der Waals surface area contributed by atoms with Crippen molar-refractivity contribution in [1.82, 2.24) is 20.2 Å². The van der Waals surface area contributed by atoms with Crippen LogP contribution in [0, 0.1) is 11.6 Å². The molecule has 2 aromatic heterocycles. The average Bonchev–Trinajstić information content (AvgIpc) is 3.16. The predicted molar refractivity (Wildman–Crippen MR) is 112 cm³/mol. The fraction of sp³-hybridized carbons (Fsp3) is 0.0455. The van der Waals surface area contributed by atoms with E-state index in [4.69, 9.17) is 5.73 Å². The van der Waals surface area contributed by atoms with Crippen molar-refractivity contribution in [1.29, 1.82) is 0 Å². The van der Waals surface area contributed by atoms with Crippen molar-refractivity contribution >= 4 is 33.4 Å². The highest BCUT2D eigenvalue weighted by Gasteiger charge is 2.16. The molecule has 0 saturated heterocycles. The highest BCUT2D eigenvalue weighted by atomic mass is 19.1. The molecule has 0 atom stereocenters. The summed E-state index contributed by atoms with van der Waals surface area (Å²) < 4.78 is 27.8. The number of hydrogen-bond acceptors (Lipinski definition) is 5. The Morgan fingerprint density at radius 1 is 0.900 bits per heavy atom. The molecule has 148 valence electrons. The molecule has 3 aromatic carbocycles. The van der Waals surface area contributed by atoms with Gasteiger partial charge in [0, 0.05) is 23.6 Å². The maximum atomic E-state index is 14.0. The number of benzene rings is 3. The van der Waals surface area contributed by atoms with Crippen LogP contribution in [-0.4, -0.2) is 20.2 Å². The summed E-state index contributed by atoms with van der Waals surface area (Å²) in [4.78, 5) is 9.37. The molecule has 0 amide bonds. The standard InChI is InChI=1S/C22H16F2N6/c23-13-9-16-19(17(24)10-13)29-30-22(16)28-21-15-7-3-4-8-18(15)26-20(27-21)14-6-2-1-5-12(14)11-25/h1-10H,11,25H2,(H2,26,27,28,29,30). The number of para-hydroxylation sites is 1. The third-order valence-electron chi connectivity index (χ3n) is 4.91. The number of rotatable bonds is 4. The number of aromatic nitrogens is 4. The molecule has 4 N–H and O–H groups in total. The summed E-state index contributed by atoms with van der Waals surface area (Å²) in [6, 6.07) is 17.2. The van der Waals surface area contributed by atoms with Crippen molar-refractivity contribution in [3.8, 4) is 11.4 Å². The maximum absolute atomic E-state index is 14.0. The van der Waals surface area contributed by atoms with E-state index in [1.165, 1.54) is 6.07 Å². The zero-order valence-electron chi connectivity index (χ0n) is 15.7. The van der Waals surface area contributed by atoms with Crippen LogP contribution in [0.2, 0.25) is 0 Å². The van der Waals surface area contributed by atoms with Crippen LogP contribution < -0.4 is 11.1 Å². The normalized spacial score (nSPS) is 11.3. The van der Waals surface area contributed by atoms with Gasteiger partial charge in [-0.3, -0.25) is 5.10 Å². The summed E-state index contributed by atoms with van der Waals surface area (Å²) in [5.74, 6) is -0.162. The second-order valence-electron chi connectivity index (χ2n) is 6.78. The molecule has 5 rings (SSSR count). The van der Waals surface area contributed by atoms with Gasteiger partial charge in [0.25, 0.3) is 0 Å². The molecule has 0 unspecified atom stereocenters. The number of anilines is 2. The van der Waals surface area contributed by atoms with E-state index in [0.29, 0.717) is 29.1 Å². The van der Waals surface area contributed by atoms with Crippen molar-refractivity contribution in [3.63, 3.8) is 0 Å². The van der Waals surface area contributed by atoms with Crippen molar-refractivity contribution in [2.45, 2.75) is 6.54 Å². The number of nitrogens with zero attached hydrogens (tertiary/aromatic N) is 3. The zero-order valence-corrected chi connectivity index (χ0v) is 15.7. The Kier molecular flexibility index (Phi) is 4.33. The van der Waals surface area contributed by atoms with Crippen molar-refractivity contribution in [2.75, 3.05) is 5.32 Å². The first kappa shape index (κ1) is 18.1. The first-order chi connectivity index (χ1) is 14.6. The second-order valence-corrected chi connectivity index (χ2v) is 6.78. The van der Waals surface area contributed by atoms with Gasteiger partial charge in [-0.05, 0) is 23.8 Å². The Hall–Kier alpha value is -3.91. The molecular formula is C22H16F2N6. The van der Waals surface area contributed by atoms with Gasteiger partial charge in [-0.1, -0.05) is 36.4 Å². The molecular weight excluding hydrogens is 386 g/mol. The predicted octanol–water partition coefficient (Wildman–Crippen LogP) is 4.65. The molecule has 0 bridgehead atoms. The largest absolute Gasteiger partial charge is 0.326 e. The number of halogens is 2. The molecule has 0 radical (unpaired) electrons. The Balaban J connectivity index is 1.69. The van der Waals surface area contributed by atoms with E-state index in [1.54, 1.807) is 0 Å². The lowest BCUT2D eigenvalue weighted by molar-refractivity contribution is 0.590. The molecule has 0 spiro atoms. The van der Waals surface area contributed by atoms with E-state index in [0.717, 1.165) is 22.6 Å². The lowest BCUT2D eigenvalue weighted by atomic mass is 10.1. The average molecular weight is 402 g/mol. The SMILES string of the molecule is NCc1ccccc1-c1nc(Nc2n[nH]c3c(F)cc(F)cc23)c2ccccc2n1. The fourth-order valence-electron chi connectivity index (χ4n) is 3.46. The van der Waals surface area contributed by atoms with Gasteiger partial charge in [0.2, 0.25) is 0 Å². The first-order valence-electron chi connectivity index (χ1n) is 9.29. The maximum Gasteiger partial charge on any atom is 0.162 e. The van der Waals surface area contributed by atoms with Crippen LogP contribution in [0.4, 0.5) is 20.4 Å². The van der Waals surface area contributed by atoms with Crippen LogP contribution in [0.25, 0.3) is 33.2 Å². The summed E-state index contributed by atoms with van der Waals surface area (Å²) >= 11 is 0. The number of nitrogens with one attached hydrogen (secondary N) is 2. The van der Waals surface area contributed by atoms with Gasteiger partial charge in [-0.15, -0.1) is 0 Å². The highest BCUT2D eigenvalue weighted by molar-refractivity contribution is 5.97. The van der Waals surface area contributed by atoms with Gasteiger partial charge in [-0.25, -0.2) is 18.7 Å². The molecule has 0 aliphatic rings. The van der Waals surface area contributed by atoms with Gasteiger partial charge in [0.05, 0.1) is 10.9 Å². The van der Waals surface area contributed by atoms with Crippen LogP contribution in [0.5, 0.6) is 0 Å². The van der Waals surface area contributed by atoms with Crippen molar-refractivity contribution in [2.24, 2.45) is 5.73 Å². The summed E-state index contributed by atoms with van der Waals surface area (Å²) in [6.45, 7) is 0.345. The van der Waals surface area contributed by atoms with Gasteiger partial charge in [-0.2, -0.15) is 5.10 Å². The molecule has 2 heterocycles. The topological polar surface area (TPSA) is 92.5 Å². The fourth-order valence-corrected chi connectivity index (χ4v) is 3.46. The smallest absolute Gasteiger partial charge is 0.162 e. The molecule has 30 heavy (non-hydrogen) atoms. The van der Waals surface area contributed by atoms with E-state index < -0.39 is 11.6 Å². The van der Waals surface area contributed by atoms with Crippen LogP contribution in [0.3, 0.4) is 0 Å². The Morgan fingerprint density at radius 2 is 1.70 bits per heavy atom. The highest BCUT2D eigenvalue weighted by Crippen LogP contribution is 2.31. The summed E-state index contributed by atoms with van der Waals surface area (Å²) in [7, 11) is 0. The quantitative estimate of drug-likeness (QED) is 0.407. The summed E-state index contributed by atoms with van der Waals surface area (Å²) in [5, 5.41) is 10.9. The van der Waals surface area contributed by atoms with E-state index in [9.17, 15) is 8.78 Å². The molecule has 0 aliphatic heterocycles. The van der Waals surface area contributed by atoms with Crippen LogP contribution in [-0.2, 0) is 6.54 Å². The number of H-pyrrole nitrogens is 1. The Morgan fingerprint density at radius 3 is 2.57 bits per heavy atom. The van der Waals surface area contributed by atoms with Crippen molar-refractivity contribution in [3.05, 3.63) is 77.9 Å². The van der Waals surface area contributed by atoms with E-state index in [1.807, 2.05) is 48.5 Å². The van der Waals surface area contributed by atoms with E-state index >= 15 is 0 Å². The minimum absolute atomic E-state index is 0.117. The molecule has 0 aliphatic carbocycles. The molecule has 0 saturated carbocycles. The summed E-state index contributed by atoms with van der Waals surface area (Å²) in [5.41, 5.74) is 8.44. The molecule has 0 fully saturated rings. The van der Waals surface area contributed by atoms with Gasteiger partial charge in [0.1, 0.15) is 17.2 Å². The van der Waals surface area contributed by atoms with Gasteiger partial charge in [0.15, 0.2) is 17.5 Å². The van der Waals surface area contributed by atoms with E-state index in [2.05, 4.69) is 25.5 Å². The third-order valence-corrected chi connectivity index (χ3v) is 4.91. The van der Waals surface area contributed by atoms with Gasteiger partial charge >= 0.3 is 0 Å². The summed E-state index contributed by atoms with van der Waals surface area (Å²) in [6.07, 6.45) is 0. The minimum Gasteiger partial charge on any atom is -0.326 e. The number of nitrogens with two attached hydrogens (primary N) is 1. The van der Waals surface area contributed by atoms with E-state index in [-0.39, 0.29) is 11.3 Å². The monoisotopic (exact) mass is 402 g/mol. The first-order valence-corrected chi connectivity index (χ1v) is 9.29. The minimum atomic E-state index is -0.712. The second kappa shape index (κ2) is 7.16. The third kappa shape index (κ3) is 3.03. The number of fused-ring (bicyclic) bond motifs is 2. The lowest BCUT2D eigenvalue weighted by Crippen LogP contribution is -2.03. The van der Waals surface area contributed by atoms with Crippen LogP contribution in [0.15, 0.2) is 60.7 Å². The lowest BCUT2D eigenvalue weighted by Gasteiger charge is -2.12. The van der Waals surface area contributed by atoms with Crippen molar-refractivity contribution < 1.29 is 8.78 Å². The Bertz CT molecular complexity index is 1400. The Labute approximate surface area is 169 Å². The molecule has 5 aromatic rings. The van der Waals surface area contributed by atoms with Gasteiger partial charge < -0.3 is 11.1 Å². The number of aromatic amines is 1. The molecule has 8 heteroatoms. The van der Waals surface area contributed by atoms with Crippen LogP contribution >= 0.6 is 0 Å². The molecule has 6 nitrogen and oxygen atoms in total. The van der Waals surface area contributed by atoms with Crippen LogP contribution in [0.1, 0.15) is 5.56 Å². The number of hydrogen-bond donors (Lipinski definition) is 3.